The second kappa shape index (κ2) is 13.7. The molecule has 3 aromatic rings. The van der Waals surface area contributed by atoms with E-state index in [0.717, 1.165) is 10.5 Å². The summed E-state index contributed by atoms with van der Waals surface area (Å²) in [6.07, 6.45) is -1.59. The van der Waals surface area contributed by atoms with Crippen LogP contribution in [0, 0.1) is 5.92 Å². The predicted molar refractivity (Wildman–Crippen MR) is 178 cm³/mol. The third-order valence-electron chi connectivity index (χ3n) is 8.96. The first kappa shape index (κ1) is 35.4. The number of hydrogen-bond donors (Lipinski definition) is 1. The van der Waals surface area contributed by atoms with E-state index in [-0.39, 0.29) is 42.7 Å². The zero-order valence-electron chi connectivity index (χ0n) is 28.6. The Morgan fingerprint density at radius 3 is 2.45 bits per heavy atom. The van der Waals surface area contributed by atoms with Gasteiger partial charge in [0.2, 0.25) is 11.8 Å². The minimum Gasteiger partial charge on any atom is -0.497 e. The molecule has 1 unspecified atom stereocenters. The largest absolute Gasteiger partial charge is 0.586 e. The Bertz CT molecular complexity index is 1830. The highest BCUT2D eigenvalue weighted by Crippen LogP contribution is 2.43. The highest BCUT2D eigenvalue weighted by atomic mass is 19.3. The second-order valence-electron chi connectivity index (χ2n) is 13.7. The fraction of sp³-hybridized carbons (Fsp3) is 0.417. The lowest BCUT2D eigenvalue weighted by molar-refractivity contribution is -0.286. The van der Waals surface area contributed by atoms with E-state index in [1.165, 1.54) is 28.1 Å². The van der Waals surface area contributed by atoms with Crippen molar-refractivity contribution in [1.82, 2.24) is 14.8 Å². The van der Waals surface area contributed by atoms with Gasteiger partial charge in [0.05, 0.1) is 19.6 Å². The number of ether oxygens (including phenoxy) is 4. The fourth-order valence-electron chi connectivity index (χ4n) is 6.54. The molecule has 2 fully saturated rings. The number of nitrogens with zero attached hydrogens (tertiary/aromatic N) is 4. The van der Waals surface area contributed by atoms with Crippen molar-refractivity contribution in [2.75, 3.05) is 25.1 Å². The van der Waals surface area contributed by atoms with Gasteiger partial charge in [-0.1, -0.05) is 18.2 Å². The van der Waals surface area contributed by atoms with Gasteiger partial charge >= 0.3 is 18.4 Å². The Morgan fingerprint density at radius 2 is 1.76 bits per heavy atom. The number of amides is 5. The van der Waals surface area contributed by atoms with Crippen LogP contribution in [0.1, 0.15) is 56.2 Å². The van der Waals surface area contributed by atoms with Crippen LogP contribution in [0.2, 0.25) is 0 Å². The number of likely N-dealkylation sites (tertiary alicyclic amines) is 2. The van der Waals surface area contributed by atoms with Gasteiger partial charge in [-0.2, -0.15) is 0 Å². The molecular weight excluding hydrogens is 668 g/mol. The standard InChI is InChI=1S/C36H39F2N5O8/c1-35(2,3)51-34(47)42(19-21-7-10-25(48-4)11-8-21)29-17-22(13-14-40-29)16-26-30(31(39)44)43(32(26)45)33(46)41-15-5-6-24(20-41)23-9-12-27-28(18-23)50-36(37,38)49-27/h7-14,17-18,24,26,30H,5-6,15-16,19-20H2,1-4H3,(H2,39,44)/t24?,26-,30+/m1/s1. The number of fused-ring (bicyclic) bond motifs is 1. The Labute approximate surface area is 293 Å². The van der Waals surface area contributed by atoms with Gasteiger partial charge < -0.3 is 29.6 Å². The summed E-state index contributed by atoms with van der Waals surface area (Å²) in [4.78, 5) is 61.5. The smallest absolute Gasteiger partial charge is 0.497 e. The van der Waals surface area contributed by atoms with Gasteiger partial charge in [0.25, 0.3) is 0 Å². The zero-order chi connectivity index (χ0) is 36.7. The molecule has 0 spiro atoms. The number of anilines is 1. The molecule has 13 nitrogen and oxygen atoms in total. The molecule has 0 radical (unpaired) electrons. The molecule has 51 heavy (non-hydrogen) atoms. The summed E-state index contributed by atoms with van der Waals surface area (Å²) in [5.41, 5.74) is 7.02. The minimum atomic E-state index is -3.75. The van der Waals surface area contributed by atoms with E-state index < -0.39 is 47.8 Å². The van der Waals surface area contributed by atoms with E-state index in [0.29, 0.717) is 36.3 Å². The molecule has 5 amide bonds. The van der Waals surface area contributed by atoms with Gasteiger partial charge in [0.1, 0.15) is 23.2 Å². The number of carbonyl (C=O) groups excluding carboxylic acids is 4. The Hall–Kier alpha value is -5.47. The molecule has 6 rings (SSSR count). The van der Waals surface area contributed by atoms with Gasteiger partial charge in [-0.3, -0.25) is 19.4 Å². The van der Waals surface area contributed by atoms with Crippen LogP contribution in [0.15, 0.2) is 60.8 Å². The molecule has 2 N–H and O–H groups in total. The summed E-state index contributed by atoms with van der Waals surface area (Å²) in [6, 6.07) is 13.1. The molecule has 0 aliphatic carbocycles. The van der Waals surface area contributed by atoms with Crippen LogP contribution in [-0.2, 0) is 27.3 Å². The lowest BCUT2D eigenvalue weighted by atomic mass is 9.82. The van der Waals surface area contributed by atoms with Crippen LogP contribution in [0.3, 0.4) is 0 Å². The number of benzene rings is 2. The first-order valence-corrected chi connectivity index (χ1v) is 16.5. The molecule has 3 atom stereocenters. The van der Waals surface area contributed by atoms with Crippen molar-refractivity contribution < 1.29 is 46.9 Å². The molecule has 15 heteroatoms. The van der Waals surface area contributed by atoms with Crippen LogP contribution in [0.5, 0.6) is 17.2 Å². The first-order chi connectivity index (χ1) is 24.1. The molecule has 2 saturated heterocycles. The van der Waals surface area contributed by atoms with E-state index in [2.05, 4.69) is 14.5 Å². The third kappa shape index (κ3) is 7.66. The van der Waals surface area contributed by atoms with E-state index in [9.17, 15) is 28.0 Å². The number of β-lactam (4-membered cyclic amide) rings is 1. The van der Waals surface area contributed by atoms with Crippen LogP contribution < -0.4 is 24.8 Å². The molecule has 0 saturated carbocycles. The summed E-state index contributed by atoms with van der Waals surface area (Å²) in [5.74, 6) is -1.79. The first-order valence-electron chi connectivity index (χ1n) is 16.5. The maximum absolute atomic E-state index is 13.7. The summed E-state index contributed by atoms with van der Waals surface area (Å²) in [6.45, 7) is 5.91. The molecular formula is C36H39F2N5O8. The summed E-state index contributed by atoms with van der Waals surface area (Å²) >= 11 is 0. The number of hydrogen-bond acceptors (Lipinski definition) is 9. The van der Waals surface area contributed by atoms with Crippen molar-refractivity contribution in [2.45, 2.75) is 70.4 Å². The van der Waals surface area contributed by atoms with Crippen molar-refractivity contribution in [1.29, 1.82) is 0 Å². The fourth-order valence-corrected chi connectivity index (χ4v) is 6.54. The number of nitrogens with two attached hydrogens (primary N) is 1. The number of pyridine rings is 1. The van der Waals surface area contributed by atoms with E-state index >= 15 is 0 Å². The van der Waals surface area contributed by atoms with Gasteiger partial charge in [-0.15, -0.1) is 8.78 Å². The number of carbonyl (C=O) groups is 4. The topological polar surface area (TPSA) is 154 Å². The van der Waals surface area contributed by atoms with Crippen LogP contribution in [0.4, 0.5) is 24.2 Å². The number of primary amides is 1. The van der Waals surface area contributed by atoms with Gasteiger partial charge in [0.15, 0.2) is 11.5 Å². The van der Waals surface area contributed by atoms with E-state index in [1.807, 2.05) is 12.1 Å². The van der Waals surface area contributed by atoms with Crippen LogP contribution in [0.25, 0.3) is 0 Å². The lowest BCUT2D eigenvalue weighted by Gasteiger charge is -2.46. The number of piperidine rings is 1. The van der Waals surface area contributed by atoms with E-state index in [4.69, 9.17) is 15.2 Å². The summed E-state index contributed by atoms with van der Waals surface area (Å²) in [5, 5.41) is 0. The SMILES string of the molecule is COc1ccc(CN(C(=O)OC(C)(C)C)c2cc(C[C@H]3C(=O)N(C(=O)N4CCCC(c5ccc6c(c5)OC(F)(F)O6)C4)[C@@H]3C(N)=O)ccn2)cc1. The van der Waals surface area contributed by atoms with Crippen molar-refractivity contribution in [3.63, 3.8) is 0 Å². The number of alkyl halides is 2. The van der Waals surface area contributed by atoms with Crippen LogP contribution >= 0.6 is 0 Å². The maximum Gasteiger partial charge on any atom is 0.586 e. The second-order valence-corrected chi connectivity index (χ2v) is 13.7. The highest BCUT2D eigenvalue weighted by Gasteiger charge is 2.55. The van der Waals surface area contributed by atoms with Crippen molar-refractivity contribution in [2.24, 2.45) is 11.7 Å². The summed E-state index contributed by atoms with van der Waals surface area (Å²) < 4.78 is 47.1. The quantitative estimate of drug-likeness (QED) is 0.311. The normalized spacial score (nSPS) is 20.7. The average Bonchev–Trinajstić information content (AvgIpc) is 3.40. The van der Waals surface area contributed by atoms with Crippen molar-refractivity contribution >= 4 is 29.8 Å². The van der Waals surface area contributed by atoms with Gasteiger partial charge in [0, 0.05) is 25.2 Å². The number of urea groups is 1. The molecule has 270 valence electrons. The zero-order valence-corrected chi connectivity index (χ0v) is 28.6. The predicted octanol–water partition coefficient (Wildman–Crippen LogP) is 5.21. The van der Waals surface area contributed by atoms with Crippen LogP contribution in [-0.4, -0.2) is 76.9 Å². The monoisotopic (exact) mass is 707 g/mol. The molecule has 3 aliphatic rings. The molecule has 4 heterocycles. The maximum atomic E-state index is 13.7. The number of methoxy groups -OCH3 is 1. The lowest BCUT2D eigenvalue weighted by Crippen LogP contribution is -2.70. The van der Waals surface area contributed by atoms with E-state index in [1.54, 1.807) is 58.2 Å². The molecule has 0 bridgehead atoms. The molecule has 3 aliphatic heterocycles. The Morgan fingerprint density at radius 1 is 1.04 bits per heavy atom. The molecule has 1 aromatic heterocycles. The number of imide groups is 1. The third-order valence-corrected chi connectivity index (χ3v) is 8.96. The highest BCUT2D eigenvalue weighted by molar-refractivity contribution is 6.08. The number of rotatable bonds is 8. The number of aromatic nitrogens is 1. The summed E-state index contributed by atoms with van der Waals surface area (Å²) in [7, 11) is 1.56. The van der Waals surface area contributed by atoms with Crippen molar-refractivity contribution in [3.8, 4) is 17.2 Å². The number of halogens is 2. The minimum absolute atomic E-state index is 0.0564. The Kier molecular flexibility index (Phi) is 9.49. The Balaban J connectivity index is 1.16. The molecule has 2 aromatic carbocycles. The average molecular weight is 708 g/mol. The van der Waals surface area contributed by atoms with Crippen molar-refractivity contribution in [3.05, 3.63) is 77.5 Å². The van der Waals surface area contributed by atoms with Gasteiger partial charge in [-0.05, 0) is 93.1 Å². The van der Waals surface area contributed by atoms with Gasteiger partial charge in [-0.25, -0.2) is 14.6 Å².